The molecule has 0 unspecified atom stereocenters. The molecule has 26 heavy (non-hydrogen) atoms. The van der Waals surface area contributed by atoms with Crippen LogP contribution in [0.1, 0.15) is 24.0 Å². The quantitative estimate of drug-likeness (QED) is 0.756. The molecule has 0 fully saturated rings. The molecule has 140 valence electrons. The van der Waals surface area contributed by atoms with E-state index in [0.717, 1.165) is 10.7 Å². The zero-order valence-corrected chi connectivity index (χ0v) is 14.5. The highest BCUT2D eigenvalue weighted by molar-refractivity contribution is 7.91. The van der Waals surface area contributed by atoms with Crippen molar-refractivity contribution < 1.29 is 21.6 Å². The topological polar surface area (TPSA) is 89.0 Å². The Bertz CT molecular complexity index is 1100. The van der Waals surface area contributed by atoms with Gasteiger partial charge in [-0.15, -0.1) is 0 Å². The summed E-state index contributed by atoms with van der Waals surface area (Å²) in [6.45, 7) is 0. The van der Waals surface area contributed by atoms with E-state index in [1.807, 2.05) is 0 Å². The fourth-order valence-corrected chi connectivity index (χ4v) is 5.05. The van der Waals surface area contributed by atoms with Crippen molar-refractivity contribution in [1.82, 2.24) is 9.78 Å². The zero-order chi connectivity index (χ0) is 19.3. The summed E-state index contributed by atoms with van der Waals surface area (Å²) in [5.74, 6) is -0.389. The smallest absolute Gasteiger partial charge is 0.302 e. The van der Waals surface area contributed by atoms with E-state index in [1.165, 1.54) is 13.2 Å². The van der Waals surface area contributed by atoms with Crippen molar-refractivity contribution in [1.29, 1.82) is 0 Å². The van der Waals surface area contributed by atoms with Gasteiger partial charge in [-0.2, -0.15) is 13.2 Å². The summed E-state index contributed by atoms with van der Waals surface area (Å²) in [4.78, 5) is 23.4. The lowest BCUT2D eigenvalue weighted by molar-refractivity contribution is -0.139. The Balaban J connectivity index is 2.44. The number of alkyl halides is 3. The van der Waals surface area contributed by atoms with Crippen molar-refractivity contribution >= 4 is 9.84 Å². The van der Waals surface area contributed by atoms with Gasteiger partial charge in [0, 0.05) is 13.2 Å². The highest BCUT2D eigenvalue weighted by Gasteiger charge is 2.40. The molecule has 6 nitrogen and oxygen atoms in total. The van der Waals surface area contributed by atoms with Gasteiger partial charge < -0.3 is 5.10 Å². The maximum Gasteiger partial charge on any atom is 0.417 e. The molecule has 3 rings (SSSR count). The molecule has 1 aliphatic rings. The van der Waals surface area contributed by atoms with Crippen molar-refractivity contribution in [2.75, 3.05) is 5.75 Å². The van der Waals surface area contributed by atoms with Gasteiger partial charge in [0.15, 0.2) is 9.84 Å². The average Bonchev–Trinajstić information content (AvgIpc) is 2.70. The minimum atomic E-state index is -4.85. The Hall–Kier alpha value is -2.36. The molecule has 1 aromatic carbocycles. The van der Waals surface area contributed by atoms with Crippen LogP contribution in [-0.2, 0) is 29.5 Å². The molecule has 0 saturated heterocycles. The largest absolute Gasteiger partial charge is 0.417 e. The third-order valence-corrected chi connectivity index (χ3v) is 6.32. The molecule has 10 heteroatoms. The van der Waals surface area contributed by atoms with Gasteiger partial charge in [-0.05, 0) is 36.5 Å². The number of hydrogen-bond donors (Lipinski definition) is 1. The van der Waals surface area contributed by atoms with Crippen LogP contribution in [0.5, 0.6) is 0 Å². The first-order chi connectivity index (χ1) is 12.0. The number of benzene rings is 1. The van der Waals surface area contributed by atoms with Gasteiger partial charge in [-0.25, -0.2) is 8.42 Å². The molecule has 1 N–H and O–H groups in total. The van der Waals surface area contributed by atoms with Gasteiger partial charge in [-0.1, -0.05) is 6.07 Å². The molecule has 0 atom stereocenters. The summed E-state index contributed by atoms with van der Waals surface area (Å²) >= 11 is 0. The van der Waals surface area contributed by atoms with E-state index in [1.54, 1.807) is 0 Å². The summed E-state index contributed by atoms with van der Waals surface area (Å²) in [5, 5.41) is 2.53. The molecule has 2 aromatic rings. The van der Waals surface area contributed by atoms with Crippen molar-refractivity contribution in [2.24, 2.45) is 7.05 Å². The molecule has 0 aliphatic carbocycles. The minimum absolute atomic E-state index is 0.0393. The number of fused-ring (bicyclic) bond motifs is 1. The molecule has 0 amide bonds. The maximum atomic E-state index is 13.4. The van der Waals surface area contributed by atoms with Crippen molar-refractivity contribution in [3.8, 4) is 11.1 Å². The normalized spacial score (nSPS) is 16.8. The van der Waals surface area contributed by atoms with Crippen LogP contribution in [0.3, 0.4) is 0 Å². The first-order valence-electron chi connectivity index (χ1n) is 7.79. The van der Waals surface area contributed by atoms with Crippen LogP contribution in [0, 0.1) is 0 Å². The number of nitrogens with one attached hydrogen (secondary N) is 1. The second-order valence-electron chi connectivity index (χ2n) is 6.12. The van der Waals surface area contributed by atoms with Crippen LogP contribution < -0.4 is 11.0 Å². The van der Waals surface area contributed by atoms with Gasteiger partial charge in [0.25, 0.3) is 5.43 Å². The number of halogens is 3. The molecule has 1 aromatic heterocycles. The van der Waals surface area contributed by atoms with Crippen LogP contribution in [0.15, 0.2) is 32.8 Å². The maximum absolute atomic E-state index is 13.4. The van der Waals surface area contributed by atoms with Gasteiger partial charge >= 0.3 is 11.7 Å². The molecule has 1 aliphatic heterocycles. The molecule has 0 radical (unpaired) electrons. The Labute approximate surface area is 146 Å². The molecular weight excluding hydrogens is 373 g/mol. The number of aromatic amines is 1. The summed E-state index contributed by atoms with van der Waals surface area (Å²) in [7, 11) is -2.84. The number of hydrogen-bond acceptors (Lipinski definition) is 4. The Morgan fingerprint density at radius 3 is 2.46 bits per heavy atom. The molecule has 2 heterocycles. The number of nitrogens with zero attached hydrogens (tertiary/aromatic N) is 1. The zero-order valence-electron chi connectivity index (χ0n) is 13.7. The lowest BCUT2D eigenvalue weighted by Crippen LogP contribution is -2.35. The lowest BCUT2D eigenvalue weighted by Gasteiger charge is -2.18. The Kier molecular flexibility index (Phi) is 4.33. The molecule has 0 spiro atoms. The summed E-state index contributed by atoms with van der Waals surface area (Å²) < 4.78 is 66.1. The van der Waals surface area contributed by atoms with Crippen molar-refractivity contribution in [3.05, 3.63) is 50.0 Å². The van der Waals surface area contributed by atoms with E-state index in [0.29, 0.717) is 12.5 Å². The van der Waals surface area contributed by atoms with Crippen LogP contribution in [0.2, 0.25) is 0 Å². The van der Waals surface area contributed by atoms with E-state index in [2.05, 4.69) is 5.10 Å². The first kappa shape index (κ1) is 18.4. The SMILES string of the molecule is Cn1[nH]cc(-c2ccc(C(F)(F)F)c3c2CCCCS3(=O)=O)c(=O)c1=O. The van der Waals surface area contributed by atoms with Gasteiger partial charge in [-0.3, -0.25) is 14.3 Å². The molecule has 0 saturated carbocycles. The van der Waals surface area contributed by atoms with Crippen LogP contribution in [0.25, 0.3) is 11.1 Å². The molecule has 0 bridgehead atoms. The first-order valence-corrected chi connectivity index (χ1v) is 9.44. The van der Waals surface area contributed by atoms with E-state index in [4.69, 9.17) is 0 Å². The number of aromatic nitrogens is 2. The van der Waals surface area contributed by atoms with Crippen molar-refractivity contribution in [2.45, 2.75) is 30.3 Å². The van der Waals surface area contributed by atoms with Gasteiger partial charge in [0.05, 0.1) is 21.8 Å². The number of aryl methyl sites for hydroxylation is 1. The van der Waals surface area contributed by atoms with Gasteiger partial charge in [0.1, 0.15) is 0 Å². The number of H-pyrrole nitrogens is 1. The highest BCUT2D eigenvalue weighted by Crippen LogP contribution is 2.41. The van der Waals surface area contributed by atoms with E-state index in [9.17, 15) is 31.2 Å². The number of rotatable bonds is 1. The highest BCUT2D eigenvalue weighted by atomic mass is 32.2. The summed E-state index contributed by atoms with van der Waals surface area (Å²) in [6, 6.07) is 1.72. The van der Waals surface area contributed by atoms with E-state index in [-0.39, 0.29) is 35.3 Å². The van der Waals surface area contributed by atoms with E-state index < -0.39 is 37.5 Å². The third kappa shape index (κ3) is 2.98. The second kappa shape index (κ2) is 6.11. The number of sulfone groups is 1. The summed E-state index contributed by atoms with van der Waals surface area (Å²) in [5.41, 5.74) is -3.19. The average molecular weight is 388 g/mol. The monoisotopic (exact) mass is 388 g/mol. The van der Waals surface area contributed by atoms with E-state index >= 15 is 0 Å². The molecular formula is C16H15F3N2O4S. The minimum Gasteiger partial charge on any atom is -0.302 e. The predicted molar refractivity (Wildman–Crippen MR) is 87.7 cm³/mol. The van der Waals surface area contributed by atoms with Crippen LogP contribution in [0.4, 0.5) is 13.2 Å². The van der Waals surface area contributed by atoms with Gasteiger partial charge in [0.2, 0.25) is 0 Å². The lowest BCUT2D eigenvalue weighted by atomic mass is 9.94. The third-order valence-electron chi connectivity index (χ3n) is 4.40. The standard InChI is InChI=1S/C16H15F3N2O4S/c1-21-15(23)13(22)11(8-20-21)9-5-6-12(16(17,18)19)14-10(9)4-2-3-7-26(14,24)25/h5-6,8,20H,2-4,7H2,1H3. The Morgan fingerprint density at radius 2 is 1.81 bits per heavy atom. The van der Waals surface area contributed by atoms with Crippen LogP contribution >= 0.6 is 0 Å². The second-order valence-corrected chi connectivity index (χ2v) is 8.17. The van der Waals surface area contributed by atoms with Crippen molar-refractivity contribution in [3.63, 3.8) is 0 Å². The summed E-state index contributed by atoms with van der Waals surface area (Å²) in [6.07, 6.45) is -2.99. The Morgan fingerprint density at radius 1 is 1.12 bits per heavy atom. The van der Waals surface area contributed by atoms with Crippen LogP contribution in [-0.4, -0.2) is 24.0 Å². The fraction of sp³-hybridized carbons (Fsp3) is 0.375. The predicted octanol–water partition coefficient (Wildman–Crippen LogP) is 1.87. The fourth-order valence-electron chi connectivity index (χ4n) is 3.16.